The standard InChI is InChI=1S/C18H16ClN3O2/c19-14-4-1-3-12(7-14)17(23)21-9-13-10-22(18(24)16(13)11-21)15-5-2-6-20-8-15/h1-8,13,16H,9-11H2/t13-,16-/m0/s1. The Morgan fingerprint density at radius 1 is 1.17 bits per heavy atom. The summed E-state index contributed by atoms with van der Waals surface area (Å²) in [5, 5.41) is 0.541. The smallest absolute Gasteiger partial charge is 0.253 e. The normalized spacial score (nSPS) is 22.8. The van der Waals surface area contributed by atoms with Crippen LogP contribution in [-0.4, -0.2) is 41.3 Å². The van der Waals surface area contributed by atoms with E-state index in [1.54, 1.807) is 46.5 Å². The molecule has 2 saturated heterocycles. The van der Waals surface area contributed by atoms with Crippen LogP contribution in [0.15, 0.2) is 48.8 Å². The molecule has 2 amide bonds. The van der Waals surface area contributed by atoms with Crippen molar-refractivity contribution in [3.8, 4) is 0 Å². The maximum Gasteiger partial charge on any atom is 0.253 e. The quantitative estimate of drug-likeness (QED) is 0.843. The van der Waals surface area contributed by atoms with Gasteiger partial charge in [-0.25, -0.2) is 0 Å². The molecule has 6 heteroatoms. The SMILES string of the molecule is O=C(c1cccc(Cl)c1)N1C[C@H]2CN(c3cccnc3)C(=O)[C@H]2C1. The van der Waals surface area contributed by atoms with Crippen LogP contribution in [0.4, 0.5) is 5.69 Å². The van der Waals surface area contributed by atoms with Crippen molar-refractivity contribution in [1.29, 1.82) is 0 Å². The summed E-state index contributed by atoms with van der Waals surface area (Å²) in [7, 11) is 0. The summed E-state index contributed by atoms with van der Waals surface area (Å²) >= 11 is 5.96. The minimum absolute atomic E-state index is 0.0624. The highest BCUT2D eigenvalue weighted by atomic mass is 35.5. The third-order valence-corrected chi connectivity index (χ3v) is 4.99. The predicted octanol–water partition coefficient (Wildman–Crippen LogP) is 2.47. The number of aromatic nitrogens is 1. The maximum absolute atomic E-state index is 12.7. The Hall–Kier alpha value is -2.40. The fraction of sp³-hybridized carbons (Fsp3) is 0.278. The first-order valence-corrected chi connectivity index (χ1v) is 8.27. The Balaban J connectivity index is 1.49. The summed E-state index contributed by atoms with van der Waals surface area (Å²) in [6.07, 6.45) is 3.39. The number of hydrogen-bond acceptors (Lipinski definition) is 3. The number of rotatable bonds is 2. The van der Waals surface area contributed by atoms with E-state index in [9.17, 15) is 9.59 Å². The monoisotopic (exact) mass is 341 g/mol. The number of nitrogens with zero attached hydrogens (tertiary/aromatic N) is 3. The van der Waals surface area contributed by atoms with Gasteiger partial charge < -0.3 is 9.80 Å². The molecule has 1 aromatic heterocycles. The van der Waals surface area contributed by atoms with Gasteiger partial charge in [-0.1, -0.05) is 17.7 Å². The van der Waals surface area contributed by atoms with Crippen molar-refractivity contribution in [2.45, 2.75) is 0 Å². The molecular weight excluding hydrogens is 326 g/mol. The molecule has 0 radical (unpaired) electrons. The van der Waals surface area contributed by atoms with Gasteiger partial charge >= 0.3 is 0 Å². The number of likely N-dealkylation sites (tertiary alicyclic amines) is 1. The van der Waals surface area contributed by atoms with Gasteiger partial charge in [-0.15, -0.1) is 0 Å². The van der Waals surface area contributed by atoms with E-state index < -0.39 is 0 Å². The van der Waals surface area contributed by atoms with E-state index in [1.807, 2.05) is 12.1 Å². The van der Waals surface area contributed by atoms with E-state index in [2.05, 4.69) is 4.98 Å². The number of hydrogen-bond donors (Lipinski definition) is 0. The molecule has 2 aliphatic heterocycles. The molecular formula is C18H16ClN3O2. The average molecular weight is 342 g/mol. The van der Waals surface area contributed by atoms with Crippen molar-refractivity contribution in [2.75, 3.05) is 24.5 Å². The Morgan fingerprint density at radius 3 is 2.75 bits per heavy atom. The van der Waals surface area contributed by atoms with Crippen molar-refractivity contribution >= 4 is 29.1 Å². The Morgan fingerprint density at radius 2 is 2.04 bits per heavy atom. The van der Waals surface area contributed by atoms with Crippen LogP contribution in [-0.2, 0) is 4.79 Å². The lowest BCUT2D eigenvalue weighted by Crippen LogP contribution is -2.35. The highest BCUT2D eigenvalue weighted by molar-refractivity contribution is 6.31. The van der Waals surface area contributed by atoms with Crippen molar-refractivity contribution in [3.05, 3.63) is 59.4 Å². The van der Waals surface area contributed by atoms with Crippen molar-refractivity contribution in [3.63, 3.8) is 0 Å². The summed E-state index contributed by atoms with van der Waals surface area (Å²) in [6.45, 7) is 1.69. The lowest BCUT2D eigenvalue weighted by atomic mass is 10.0. The lowest BCUT2D eigenvalue weighted by Gasteiger charge is -2.21. The molecule has 24 heavy (non-hydrogen) atoms. The molecule has 0 saturated carbocycles. The average Bonchev–Trinajstić information content (AvgIpc) is 3.15. The number of amides is 2. The molecule has 0 bridgehead atoms. The number of carbonyl (C=O) groups is 2. The molecule has 5 nitrogen and oxygen atoms in total. The second-order valence-electron chi connectivity index (χ2n) is 6.25. The van der Waals surface area contributed by atoms with E-state index in [-0.39, 0.29) is 23.7 Å². The molecule has 2 atom stereocenters. The molecule has 2 aliphatic rings. The van der Waals surface area contributed by atoms with Gasteiger partial charge in [0, 0.05) is 42.3 Å². The minimum Gasteiger partial charge on any atom is -0.337 e. The second-order valence-corrected chi connectivity index (χ2v) is 6.68. The molecule has 2 fully saturated rings. The lowest BCUT2D eigenvalue weighted by molar-refractivity contribution is -0.120. The molecule has 4 rings (SSSR count). The first kappa shape index (κ1) is 15.1. The third-order valence-electron chi connectivity index (χ3n) is 4.76. The number of pyridine rings is 1. The van der Waals surface area contributed by atoms with Crippen LogP contribution in [0, 0.1) is 11.8 Å². The zero-order valence-corrected chi connectivity index (χ0v) is 13.7. The van der Waals surface area contributed by atoms with E-state index in [4.69, 9.17) is 11.6 Å². The van der Waals surface area contributed by atoms with Crippen LogP contribution in [0.3, 0.4) is 0 Å². The van der Waals surface area contributed by atoms with Gasteiger partial charge in [0.25, 0.3) is 5.91 Å². The van der Waals surface area contributed by atoms with Crippen LogP contribution in [0.5, 0.6) is 0 Å². The molecule has 1 aromatic carbocycles. The Bertz CT molecular complexity index is 796. The van der Waals surface area contributed by atoms with E-state index >= 15 is 0 Å². The van der Waals surface area contributed by atoms with Crippen molar-refractivity contribution in [2.24, 2.45) is 11.8 Å². The number of fused-ring (bicyclic) bond motifs is 1. The van der Waals surface area contributed by atoms with Gasteiger partial charge in [0.1, 0.15) is 0 Å². The molecule has 0 unspecified atom stereocenters. The summed E-state index contributed by atoms with van der Waals surface area (Å²) in [4.78, 5) is 32.9. The molecule has 122 valence electrons. The molecule has 2 aromatic rings. The van der Waals surface area contributed by atoms with Gasteiger partial charge in [0.05, 0.1) is 17.8 Å². The third kappa shape index (κ3) is 2.55. The van der Waals surface area contributed by atoms with Crippen LogP contribution >= 0.6 is 11.6 Å². The maximum atomic E-state index is 12.7. The number of benzene rings is 1. The number of anilines is 1. The van der Waals surface area contributed by atoms with Crippen LogP contribution in [0.25, 0.3) is 0 Å². The van der Waals surface area contributed by atoms with E-state index in [1.165, 1.54) is 0 Å². The largest absolute Gasteiger partial charge is 0.337 e. The zero-order chi connectivity index (χ0) is 16.7. The number of carbonyl (C=O) groups excluding carboxylic acids is 2. The van der Waals surface area contributed by atoms with E-state index in [0.29, 0.717) is 30.2 Å². The Kier molecular flexibility index (Phi) is 3.73. The summed E-state index contributed by atoms with van der Waals surface area (Å²) < 4.78 is 0. The topological polar surface area (TPSA) is 53.5 Å². The van der Waals surface area contributed by atoms with Gasteiger partial charge in [-0.05, 0) is 30.3 Å². The highest BCUT2D eigenvalue weighted by Crippen LogP contribution is 2.35. The first-order chi connectivity index (χ1) is 11.6. The van der Waals surface area contributed by atoms with E-state index in [0.717, 1.165) is 5.69 Å². The van der Waals surface area contributed by atoms with Gasteiger partial charge in [-0.3, -0.25) is 14.6 Å². The number of halogens is 1. The van der Waals surface area contributed by atoms with Crippen molar-refractivity contribution < 1.29 is 9.59 Å². The minimum atomic E-state index is -0.131. The van der Waals surface area contributed by atoms with Gasteiger partial charge in [0.2, 0.25) is 5.91 Å². The Labute approximate surface area is 144 Å². The van der Waals surface area contributed by atoms with Crippen molar-refractivity contribution in [1.82, 2.24) is 9.88 Å². The van der Waals surface area contributed by atoms with Gasteiger partial charge in [0.15, 0.2) is 0 Å². The zero-order valence-electron chi connectivity index (χ0n) is 12.9. The molecule has 0 spiro atoms. The molecule has 0 N–H and O–H groups in total. The van der Waals surface area contributed by atoms with Crippen LogP contribution in [0.1, 0.15) is 10.4 Å². The first-order valence-electron chi connectivity index (χ1n) is 7.90. The highest BCUT2D eigenvalue weighted by Gasteiger charge is 2.47. The summed E-state index contributed by atoms with van der Waals surface area (Å²) in [5.41, 5.74) is 1.39. The fourth-order valence-electron chi connectivity index (χ4n) is 3.58. The summed E-state index contributed by atoms with van der Waals surface area (Å²) in [5.74, 6) is 0.0520. The fourth-order valence-corrected chi connectivity index (χ4v) is 3.77. The second kappa shape index (κ2) is 5.91. The predicted molar refractivity (Wildman–Crippen MR) is 90.9 cm³/mol. The molecule has 3 heterocycles. The van der Waals surface area contributed by atoms with Crippen LogP contribution < -0.4 is 4.90 Å². The van der Waals surface area contributed by atoms with Gasteiger partial charge in [-0.2, -0.15) is 0 Å². The molecule has 0 aliphatic carbocycles. The van der Waals surface area contributed by atoms with Crippen LogP contribution in [0.2, 0.25) is 5.02 Å². The summed E-state index contributed by atoms with van der Waals surface area (Å²) in [6, 6.07) is 10.6.